The van der Waals surface area contributed by atoms with E-state index in [1.54, 1.807) is 33.8 Å². The monoisotopic (exact) mass is 374 g/mol. The minimum Gasteiger partial charge on any atom is -0.459 e. The Bertz CT molecular complexity index is 494. The highest BCUT2D eigenvalue weighted by molar-refractivity contribution is 7.59. The van der Waals surface area contributed by atoms with Crippen LogP contribution in [0.2, 0.25) is 0 Å². The largest absolute Gasteiger partial charge is 0.459 e. The smallest absolute Gasteiger partial charge is 0.368 e. The van der Waals surface area contributed by atoms with Gasteiger partial charge in [0, 0.05) is 0 Å². The van der Waals surface area contributed by atoms with Gasteiger partial charge in [-0.2, -0.15) is 0 Å². The standard InChI is InChI=1S/C19H35O5P/c1-8-22-25(21,23-9-2)18(19(20)24-16(5)6)14-13-17(7)12-10-11-15(3)4/h11,14,16-17H,8-10,12-13H2,1-7H3/b18-14-. The Balaban J connectivity index is 5.32. The van der Waals surface area contributed by atoms with E-state index in [9.17, 15) is 9.36 Å². The molecule has 0 aliphatic heterocycles. The molecule has 0 N–H and O–H groups in total. The Kier molecular flexibility index (Phi) is 12.0. The van der Waals surface area contributed by atoms with Gasteiger partial charge >= 0.3 is 13.6 Å². The van der Waals surface area contributed by atoms with Crippen molar-refractivity contribution >= 4 is 13.6 Å². The van der Waals surface area contributed by atoms with Crippen LogP contribution in [0, 0.1) is 5.92 Å². The Morgan fingerprint density at radius 3 is 2.04 bits per heavy atom. The average molecular weight is 374 g/mol. The minimum absolute atomic E-state index is 0.0129. The second-order valence-corrected chi connectivity index (χ2v) is 8.57. The first-order valence-corrected chi connectivity index (χ1v) is 10.6. The van der Waals surface area contributed by atoms with Crippen LogP contribution < -0.4 is 0 Å². The Hall–Kier alpha value is -0.900. The first kappa shape index (κ1) is 24.1. The summed E-state index contributed by atoms with van der Waals surface area (Å²) < 4.78 is 28.9. The first-order chi connectivity index (χ1) is 11.7. The summed E-state index contributed by atoms with van der Waals surface area (Å²) >= 11 is 0. The fourth-order valence-corrected chi connectivity index (χ4v) is 3.82. The highest BCUT2D eigenvalue weighted by Crippen LogP contribution is 2.56. The molecule has 0 aliphatic carbocycles. The third-order valence-electron chi connectivity index (χ3n) is 3.37. The molecule has 0 fully saturated rings. The van der Waals surface area contributed by atoms with Crippen molar-refractivity contribution in [1.82, 2.24) is 0 Å². The summed E-state index contributed by atoms with van der Waals surface area (Å²) in [7, 11) is -3.66. The number of esters is 1. The fourth-order valence-electron chi connectivity index (χ4n) is 2.18. The molecule has 25 heavy (non-hydrogen) atoms. The van der Waals surface area contributed by atoms with Gasteiger partial charge in [-0.3, -0.25) is 4.57 Å². The summed E-state index contributed by atoms with van der Waals surface area (Å²) in [6.45, 7) is 13.6. The zero-order valence-electron chi connectivity index (χ0n) is 16.8. The topological polar surface area (TPSA) is 61.8 Å². The number of hydrogen-bond donors (Lipinski definition) is 0. The molecule has 0 aromatic heterocycles. The summed E-state index contributed by atoms with van der Waals surface area (Å²) in [5, 5.41) is 0.0129. The molecule has 0 saturated heterocycles. The van der Waals surface area contributed by atoms with Gasteiger partial charge in [0.15, 0.2) is 0 Å². The Labute approximate surface area is 153 Å². The second-order valence-electron chi connectivity index (χ2n) is 6.58. The van der Waals surface area contributed by atoms with Gasteiger partial charge in [0.1, 0.15) is 5.31 Å². The lowest BCUT2D eigenvalue weighted by Crippen LogP contribution is -2.16. The van der Waals surface area contributed by atoms with Crippen molar-refractivity contribution in [3.63, 3.8) is 0 Å². The molecule has 146 valence electrons. The van der Waals surface area contributed by atoms with E-state index in [-0.39, 0.29) is 24.6 Å². The van der Waals surface area contributed by atoms with Crippen molar-refractivity contribution < 1.29 is 23.1 Å². The maximum Gasteiger partial charge on any atom is 0.368 e. The van der Waals surface area contributed by atoms with E-state index in [2.05, 4.69) is 26.8 Å². The molecular weight excluding hydrogens is 339 g/mol. The summed E-state index contributed by atoms with van der Waals surface area (Å²) in [6, 6.07) is 0. The van der Waals surface area contributed by atoms with Crippen LogP contribution in [0.15, 0.2) is 23.0 Å². The van der Waals surface area contributed by atoms with E-state index in [0.29, 0.717) is 12.3 Å². The minimum atomic E-state index is -3.66. The van der Waals surface area contributed by atoms with Crippen molar-refractivity contribution in [3.8, 4) is 0 Å². The molecule has 1 atom stereocenters. The van der Waals surface area contributed by atoms with Gasteiger partial charge in [-0.1, -0.05) is 24.6 Å². The zero-order valence-corrected chi connectivity index (χ0v) is 17.7. The summed E-state index contributed by atoms with van der Waals surface area (Å²) in [6.07, 6.45) is 6.15. The van der Waals surface area contributed by atoms with Crippen LogP contribution in [-0.4, -0.2) is 25.3 Å². The van der Waals surface area contributed by atoms with Gasteiger partial charge in [-0.25, -0.2) is 4.79 Å². The summed E-state index contributed by atoms with van der Waals surface area (Å²) in [5.41, 5.74) is 1.29. The fraction of sp³-hybridized carbons (Fsp3) is 0.737. The van der Waals surface area contributed by atoms with E-state index < -0.39 is 13.6 Å². The van der Waals surface area contributed by atoms with Crippen molar-refractivity contribution in [2.75, 3.05) is 13.2 Å². The van der Waals surface area contributed by atoms with Crippen molar-refractivity contribution in [1.29, 1.82) is 0 Å². The number of ether oxygens (including phenoxy) is 1. The molecule has 0 heterocycles. The third kappa shape index (κ3) is 9.98. The molecule has 5 nitrogen and oxygen atoms in total. The van der Waals surface area contributed by atoms with Gasteiger partial charge < -0.3 is 13.8 Å². The van der Waals surface area contributed by atoms with Gasteiger partial charge in [0.25, 0.3) is 0 Å². The van der Waals surface area contributed by atoms with Crippen LogP contribution in [0.1, 0.15) is 67.7 Å². The third-order valence-corrected chi connectivity index (χ3v) is 5.52. The number of allylic oxidation sites excluding steroid dienone is 3. The zero-order chi connectivity index (χ0) is 19.5. The van der Waals surface area contributed by atoms with Crippen LogP contribution in [0.5, 0.6) is 0 Å². The first-order valence-electron chi connectivity index (χ1n) is 9.10. The number of carbonyl (C=O) groups excluding carboxylic acids is 1. The van der Waals surface area contributed by atoms with Crippen LogP contribution >= 0.6 is 7.60 Å². The Morgan fingerprint density at radius 2 is 1.60 bits per heavy atom. The highest BCUT2D eigenvalue weighted by atomic mass is 31.2. The molecule has 0 rings (SSSR count). The van der Waals surface area contributed by atoms with E-state index in [0.717, 1.165) is 12.8 Å². The van der Waals surface area contributed by atoms with Crippen LogP contribution in [0.3, 0.4) is 0 Å². The maximum absolute atomic E-state index is 13.0. The molecule has 0 aliphatic rings. The van der Waals surface area contributed by atoms with E-state index in [4.69, 9.17) is 13.8 Å². The van der Waals surface area contributed by atoms with Gasteiger partial charge in [-0.15, -0.1) is 0 Å². The molecule has 0 spiro atoms. The molecule has 0 aromatic carbocycles. The lowest BCUT2D eigenvalue weighted by atomic mass is 10.0. The number of rotatable bonds is 12. The quantitative estimate of drug-likeness (QED) is 0.185. The van der Waals surface area contributed by atoms with Crippen LogP contribution in [0.4, 0.5) is 0 Å². The molecule has 0 bridgehead atoms. The molecule has 0 radical (unpaired) electrons. The van der Waals surface area contributed by atoms with Crippen molar-refractivity contribution in [2.45, 2.75) is 73.8 Å². The highest BCUT2D eigenvalue weighted by Gasteiger charge is 2.36. The van der Waals surface area contributed by atoms with E-state index in [1.165, 1.54) is 5.57 Å². The molecule has 0 amide bonds. The second kappa shape index (κ2) is 12.5. The number of carbonyl (C=O) groups is 1. The van der Waals surface area contributed by atoms with Crippen LogP contribution in [0.25, 0.3) is 0 Å². The molecule has 1 unspecified atom stereocenters. The lowest BCUT2D eigenvalue weighted by molar-refractivity contribution is -0.142. The van der Waals surface area contributed by atoms with Crippen LogP contribution in [-0.2, 0) is 23.1 Å². The predicted octanol–water partition coefficient (Wildman–Crippen LogP) is 5.86. The van der Waals surface area contributed by atoms with Crippen molar-refractivity contribution in [2.24, 2.45) is 5.92 Å². The maximum atomic E-state index is 13.0. The number of hydrogen-bond acceptors (Lipinski definition) is 5. The van der Waals surface area contributed by atoms with Crippen molar-refractivity contribution in [3.05, 3.63) is 23.0 Å². The molecule has 0 saturated carbocycles. The van der Waals surface area contributed by atoms with Gasteiger partial charge in [-0.05, 0) is 66.7 Å². The average Bonchev–Trinajstić information content (AvgIpc) is 2.46. The summed E-state index contributed by atoms with van der Waals surface area (Å²) in [5.74, 6) is -0.286. The normalized spacial score (nSPS) is 13.7. The van der Waals surface area contributed by atoms with E-state index in [1.807, 2.05) is 0 Å². The lowest BCUT2D eigenvalue weighted by Gasteiger charge is -2.20. The van der Waals surface area contributed by atoms with Gasteiger partial charge in [0.05, 0.1) is 19.3 Å². The van der Waals surface area contributed by atoms with Gasteiger partial charge in [0.2, 0.25) is 0 Å². The molecular formula is C19H35O5P. The van der Waals surface area contributed by atoms with E-state index >= 15 is 0 Å². The molecule has 0 aromatic rings. The summed E-state index contributed by atoms with van der Waals surface area (Å²) in [4.78, 5) is 12.4. The predicted molar refractivity (Wildman–Crippen MR) is 103 cm³/mol. The molecule has 6 heteroatoms. The Morgan fingerprint density at radius 1 is 1.04 bits per heavy atom. The SMILES string of the molecule is CCOP(=O)(OCC)/C(=C\CC(C)CCC=C(C)C)C(=O)OC(C)C.